The van der Waals surface area contributed by atoms with E-state index in [-0.39, 0.29) is 24.0 Å². The van der Waals surface area contributed by atoms with Crippen molar-refractivity contribution in [3.63, 3.8) is 0 Å². The number of aromatic nitrogens is 2. The molecular formula is C21H32IN5S. The molecule has 2 heterocycles. The summed E-state index contributed by atoms with van der Waals surface area (Å²) in [7, 11) is 1.88. The van der Waals surface area contributed by atoms with Gasteiger partial charge in [-0.05, 0) is 25.8 Å². The summed E-state index contributed by atoms with van der Waals surface area (Å²) in [4.78, 5) is 6.92. The lowest BCUT2D eigenvalue weighted by atomic mass is 10.2. The standard InChI is InChI=1S/C21H31N5S.HI/c1-5-19-15-25(11-12-27-19)21(22-4)23-13-20-16(2)24-26(17(20)3)14-18-9-7-6-8-10-18;/h6-10,19H,5,11-15H2,1-4H3,(H,22,23);1H. The molecule has 1 aliphatic rings. The van der Waals surface area contributed by atoms with E-state index in [0.717, 1.165) is 37.8 Å². The lowest BCUT2D eigenvalue weighted by molar-refractivity contribution is 0.408. The quantitative estimate of drug-likeness (QED) is 0.372. The number of nitrogens with one attached hydrogen (secondary N) is 1. The average molecular weight is 513 g/mol. The van der Waals surface area contributed by atoms with E-state index in [4.69, 9.17) is 5.10 Å². The highest BCUT2D eigenvalue weighted by atomic mass is 127. The summed E-state index contributed by atoms with van der Waals surface area (Å²) in [5.41, 5.74) is 4.85. The van der Waals surface area contributed by atoms with Crippen LogP contribution >= 0.6 is 35.7 Å². The monoisotopic (exact) mass is 513 g/mol. The summed E-state index contributed by atoms with van der Waals surface area (Å²) >= 11 is 2.08. The van der Waals surface area contributed by atoms with E-state index < -0.39 is 0 Å². The largest absolute Gasteiger partial charge is 0.352 e. The SMILES string of the molecule is CCC1CN(C(=NC)NCc2c(C)nn(Cc3ccccc3)c2C)CCS1.I. The zero-order valence-electron chi connectivity index (χ0n) is 17.3. The zero-order valence-corrected chi connectivity index (χ0v) is 20.5. The van der Waals surface area contributed by atoms with Gasteiger partial charge in [-0.2, -0.15) is 16.9 Å². The first-order chi connectivity index (χ1) is 13.1. The second-order valence-corrected chi connectivity index (χ2v) is 8.45. The molecule has 0 bridgehead atoms. The Kier molecular flexibility index (Phi) is 9.14. The Morgan fingerprint density at radius 1 is 1.29 bits per heavy atom. The summed E-state index contributed by atoms with van der Waals surface area (Å²) in [5, 5.41) is 9.04. The first-order valence-corrected chi connectivity index (χ1v) is 10.8. The number of aliphatic imine (C=N–C) groups is 1. The molecule has 1 atom stereocenters. The highest BCUT2D eigenvalue weighted by molar-refractivity contribution is 14.0. The van der Waals surface area contributed by atoms with Gasteiger partial charge in [0.2, 0.25) is 0 Å². The van der Waals surface area contributed by atoms with Crippen LogP contribution in [-0.4, -0.2) is 51.8 Å². The van der Waals surface area contributed by atoms with Gasteiger partial charge in [0.15, 0.2) is 5.96 Å². The number of nitrogens with zero attached hydrogens (tertiary/aromatic N) is 4. The Bertz CT molecular complexity index is 775. The van der Waals surface area contributed by atoms with Crippen molar-refractivity contribution >= 4 is 41.7 Å². The van der Waals surface area contributed by atoms with Gasteiger partial charge in [0.05, 0.1) is 12.2 Å². The van der Waals surface area contributed by atoms with Crippen LogP contribution in [0.4, 0.5) is 0 Å². The second-order valence-electron chi connectivity index (χ2n) is 7.04. The number of aryl methyl sites for hydroxylation is 1. The van der Waals surface area contributed by atoms with Gasteiger partial charge >= 0.3 is 0 Å². The maximum absolute atomic E-state index is 4.77. The molecule has 1 unspecified atom stereocenters. The maximum atomic E-state index is 4.77. The smallest absolute Gasteiger partial charge is 0.193 e. The summed E-state index contributed by atoms with van der Waals surface area (Å²) < 4.78 is 2.11. The Morgan fingerprint density at radius 2 is 2.04 bits per heavy atom. The third-order valence-corrected chi connectivity index (χ3v) is 6.61. The topological polar surface area (TPSA) is 45.4 Å². The van der Waals surface area contributed by atoms with Crippen molar-refractivity contribution in [2.75, 3.05) is 25.9 Å². The summed E-state index contributed by atoms with van der Waals surface area (Å²) in [5.74, 6) is 2.18. The molecule has 0 amide bonds. The minimum Gasteiger partial charge on any atom is -0.352 e. The van der Waals surface area contributed by atoms with Gasteiger partial charge in [-0.15, -0.1) is 24.0 Å². The van der Waals surface area contributed by atoms with Crippen molar-refractivity contribution in [2.24, 2.45) is 4.99 Å². The Morgan fingerprint density at radius 3 is 2.71 bits per heavy atom. The lowest BCUT2D eigenvalue weighted by Gasteiger charge is -2.34. The molecule has 5 nitrogen and oxygen atoms in total. The lowest BCUT2D eigenvalue weighted by Crippen LogP contribution is -2.47. The van der Waals surface area contributed by atoms with Crippen LogP contribution in [0.1, 0.15) is 35.9 Å². The van der Waals surface area contributed by atoms with Crippen molar-refractivity contribution in [3.05, 3.63) is 52.8 Å². The molecule has 154 valence electrons. The fraction of sp³-hybridized carbons (Fsp3) is 0.524. The third kappa shape index (κ3) is 5.65. The van der Waals surface area contributed by atoms with Crippen LogP contribution in [0.5, 0.6) is 0 Å². The fourth-order valence-corrected chi connectivity index (χ4v) is 4.74. The van der Waals surface area contributed by atoms with Crippen LogP contribution in [0.15, 0.2) is 35.3 Å². The molecule has 1 aromatic heterocycles. The van der Waals surface area contributed by atoms with Gasteiger partial charge in [-0.3, -0.25) is 9.67 Å². The zero-order chi connectivity index (χ0) is 19.2. The molecule has 2 aromatic rings. The van der Waals surface area contributed by atoms with Gasteiger partial charge in [0.1, 0.15) is 0 Å². The van der Waals surface area contributed by atoms with Gasteiger partial charge in [0, 0.05) is 48.9 Å². The highest BCUT2D eigenvalue weighted by Gasteiger charge is 2.22. The molecule has 1 aliphatic heterocycles. The fourth-order valence-electron chi connectivity index (χ4n) is 3.56. The van der Waals surface area contributed by atoms with E-state index in [1.54, 1.807) is 0 Å². The molecule has 3 rings (SSSR count). The number of thioether (sulfide) groups is 1. The van der Waals surface area contributed by atoms with Gasteiger partial charge < -0.3 is 10.2 Å². The number of hydrogen-bond donors (Lipinski definition) is 1. The Hall–Kier alpha value is -1.22. The number of rotatable bonds is 5. The van der Waals surface area contributed by atoms with E-state index in [9.17, 15) is 0 Å². The third-order valence-electron chi connectivity index (χ3n) is 5.24. The summed E-state index contributed by atoms with van der Waals surface area (Å²) in [6.07, 6.45) is 1.21. The normalized spacial score (nSPS) is 17.4. The van der Waals surface area contributed by atoms with Crippen LogP contribution in [0.2, 0.25) is 0 Å². The van der Waals surface area contributed by atoms with E-state index in [2.05, 4.69) is 76.7 Å². The molecule has 1 saturated heterocycles. The van der Waals surface area contributed by atoms with E-state index in [1.807, 2.05) is 13.1 Å². The minimum atomic E-state index is 0. The molecule has 0 radical (unpaired) electrons. The van der Waals surface area contributed by atoms with E-state index >= 15 is 0 Å². The van der Waals surface area contributed by atoms with Crippen molar-refractivity contribution < 1.29 is 0 Å². The molecule has 28 heavy (non-hydrogen) atoms. The number of halogens is 1. The molecule has 7 heteroatoms. The number of guanidine groups is 1. The van der Waals surface area contributed by atoms with Crippen LogP contribution in [-0.2, 0) is 13.1 Å². The van der Waals surface area contributed by atoms with Crippen molar-refractivity contribution in [1.82, 2.24) is 20.0 Å². The average Bonchev–Trinajstić information content (AvgIpc) is 2.96. The van der Waals surface area contributed by atoms with Gasteiger partial charge in [-0.1, -0.05) is 37.3 Å². The Balaban J connectivity index is 0.00000280. The molecule has 1 N–H and O–H groups in total. The molecule has 0 aliphatic carbocycles. The van der Waals surface area contributed by atoms with Crippen LogP contribution < -0.4 is 5.32 Å². The minimum absolute atomic E-state index is 0. The van der Waals surface area contributed by atoms with E-state index in [1.165, 1.54) is 29.0 Å². The first kappa shape index (κ1) is 23.1. The van der Waals surface area contributed by atoms with Gasteiger partial charge in [-0.25, -0.2) is 0 Å². The first-order valence-electron chi connectivity index (χ1n) is 9.76. The van der Waals surface area contributed by atoms with Gasteiger partial charge in [0.25, 0.3) is 0 Å². The van der Waals surface area contributed by atoms with Crippen LogP contribution in [0.3, 0.4) is 0 Å². The van der Waals surface area contributed by atoms with Crippen molar-refractivity contribution in [2.45, 2.75) is 45.5 Å². The molecule has 1 fully saturated rings. The van der Waals surface area contributed by atoms with Crippen LogP contribution in [0.25, 0.3) is 0 Å². The van der Waals surface area contributed by atoms with E-state index in [0.29, 0.717) is 5.25 Å². The molecular weight excluding hydrogens is 481 g/mol. The molecule has 0 saturated carbocycles. The molecule has 0 spiro atoms. The van der Waals surface area contributed by atoms with Crippen LogP contribution in [0, 0.1) is 13.8 Å². The molecule has 1 aromatic carbocycles. The second kappa shape index (κ2) is 11.1. The number of hydrogen-bond acceptors (Lipinski definition) is 3. The predicted octanol–water partition coefficient (Wildman–Crippen LogP) is 4.07. The maximum Gasteiger partial charge on any atom is 0.193 e. The summed E-state index contributed by atoms with van der Waals surface area (Å²) in [6.45, 7) is 10.2. The van der Waals surface area contributed by atoms with Crippen molar-refractivity contribution in [1.29, 1.82) is 0 Å². The number of benzene rings is 1. The Labute approximate surface area is 190 Å². The highest BCUT2D eigenvalue weighted by Crippen LogP contribution is 2.21. The summed E-state index contributed by atoms with van der Waals surface area (Å²) in [6, 6.07) is 10.5. The van der Waals surface area contributed by atoms with Crippen molar-refractivity contribution in [3.8, 4) is 0 Å². The predicted molar refractivity (Wildman–Crippen MR) is 131 cm³/mol.